The highest BCUT2D eigenvalue weighted by atomic mass is 35.5. The fourth-order valence-electron chi connectivity index (χ4n) is 1.30. The monoisotopic (exact) mass is 226 g/mol. The van der Waals surface area contributed by atoms with Gasteiger partial charge in [0, 0.05) is 38.5 Å². The molecule has 3 nitrogen and oxygen atoms in total. The highest BCUT2D eigenvalue weighted by Crippen LogP contribution is 1.91. The van der Waals surface area contributed by atoms with Crippen molar-refractivity contribution in [2.24, 2.45) is 0 Å². The first kappa shape index (κ1) is 13.5. The molecule has 1 fully saturated rings. The fraction of sp³-hybridized carbons (Fsp3) is 1.00. The third kappa shape index (κ3) is 6.57. The first-order chi connectivity index (χ1) is 5.93. The minimum absolute atomic E-state index is 0. The van der Waals surface area contributed by atoms with Crippen LogP contribution in [0.25, 0.3) is 0 Å². The van der Waals surface area contributed by atoms with Crippen LogP contribution < -0.4 is 5.32 Å². The molecular weight excluding hydrogens is 208 g/mol. The molecule has 0 aromatic carbocycles. The van der Waals surface area contributed by atoms with Crippen LogP contribution >= 0.6 is 25.0 Å². The van der Waals surface area contributed by atoms with Crippen LogP contribution in [0.4, 0.5) is 0 Å². The second-order valence-electron chi connectivity index (χ2n) is 2.93. The number of halogens is 1. The van der Waals surface area contributed by atoms with E-state index in [0.717, 1.165) is 51.7 Å². The molecular formula is C8H19ClN2OS. The van der Waals surface area contributed by atoms with Gasteiger partial charge in [-0.1, -0.05) is 0 Å². The second-order valence-corrected chi connectivity index (χ2v) is 3.37. The summed E-state index contributed by atoms with van der Waals surface area (Å²) in [5.74, 6) is 0.821. The molecule has 1 rings (SSSR count). The van der Waals surface area contributed by atoms with Crippen LogP contribution in [0.2, 0.25) is 0 Å². The molecule has 0 radical (unpaired) electrons. The predicted molar refractivity (Wildman–Crippen MR) is 61.2 cm³/mol. The summed E-state index contributed by atoms with van der Waals surface area (Å²) in [6, 6.07) is 0. The van der Waals surface area contributed by atoms with Gasteiger partial charge in [0.2, 0.25) is 0 Å². The number of hydrogen-bond acceptors (Lipinski definition) is 4. The van der Waals surface area contributed by atoms with Crippen molar-refractivity contribution in [2.45, 2.75) is 0 Å². The minimum atomic E-state index is 0. The first-order valence-corrected chi connectivity index (χ1v) is 5.18. The molecule has 1 N–H and O–H groups in total. The van der Waals surface area contributed by atoms with Crippen LogP contribution in [0.1, 0.15) is 0 Å². The largest absolute Gasteiger partial charge is 0.379 e. The lowest BCUT2D eigenvalue weighted by Crippen LogP contribution is -2.44. The molecule has 1 heterocycles. The average molecular weight is 227 g/mol. The molecule has 0 aromatic rings. The summed E-state index contributed by atoms with van der Waals surface area (Å²) in [5.41, 5.74) is 0. The number of ether oxygens (including phenoxy) is 1. The zero-order valence-electron chi connectivity index (χ0n) is 7.87. The highest BCUT2D eigenvalue weighted by molar-refractivity contribution is 7.80. The number of thiol groups is 1. The number of hydrogen-bond donors (Lipinski definition) is 2. The van der Waals surface area contributed by atoms with Crippen molar-refractivity contribution < 1.29 is 4.74 Å². The van der Waals surface area contributed by atoms with Gasteiger partial charge >= 0.3 is 0 Å². The number of nitrogens with zero attached hydrogens (tertiary/aromatic N) is 1. The summed E-state index contributed by atoms with van der Waals surface area (Å²) in [7, 11) is 0. The van der Waals surface area contributed by atoms with E-state index in [1.54, 1.807) is 0 Å². The molecule has 0 spiro atoms. The maximum absolute atomic E-state index is 5.35. The van der Waals surface area contributed by atoms with E-state index >= 15 is 0 Å². The van der Waals surface area contributed by atoms with Crippen molar-refractivity contribution in [1.82, 2.24) is 10.2 Å². The zero-order chi connectivity index (χ0) is 8.65. The van der Waals surface area contributed by atoms with Gasteiger partial charge in [-0.15, -0.1) is 12.4 Å². The Morgan fingerprint density at radius 3 is 2.54 bits per heavy atom. The van der Waals surface area contributed by atoms with Gasteiger partial charge in [0.05, 0.1) is 13.2 Å². The van der Waals surface area contributed by atoms with E-state index < -0.39 is 0 Å². The normalized spacial score (nSPS) is 18.2. The van der Waals surface area contributed by atoms with Crippen molar-refractivity contribution in [3.8, 4) is 0 Å². The Bertz CT molecular complexity index is 112. The Balaban J connectivity index is 0.00000144. The predicted octanol–water partition coefficient (Wildman–Crippen LogP) is 0.260. The molecule has 13 heavy (non-hydrogen) atoms. The van der Waals surface area contributed by atoms with Gasteiger partial charge < -0.3 is 10.1 Å². The molecule has 0 atom stereocenters. The molecule has 80 valence electrons. The van der Waals surface area contributed by atoms with Crippen molar-refractivity contribution in [3.63, 3.8) is 0 Å². The minimum Gasteiger partial charge on any atom is -0.379 e. The molecule has 0 bridgehead atoms. The third-order valence-electron chi connectivity index (χ3n) is 2.00. The van der Waals surface area contributed by atoms with Gasteiger partial charge in [-0.05, 0) is 0 Å². The van der Waals surface area contributed by atoms with E-state index in [1.165, 1.54) is 0 Å². The molecule has 1 aliphatic rings. The van der Waals surface area contributed by atoms with Gasteiger partial charge in [0.15, 0.2) is 0 Å². The maximum Gasteiger partial charge on any atom is 0.0593 e. The van der Waals surface area contributed by atoms with Crippen LogP contribution in [0, 0.1) is 0 Å². The summed E-state index contributed by atoms with van der Waals surface area (Å²) < 4.78 is 5.35. The highest BCUT2D eigenvalue weighted by Gasteiger charge is 2.07. The van der Waals surface area contributed by atoms with Crippen LogP contribution in [0.3, 0.4) is 0 Å². The lowest BCUT2D eigenvalue weighted by molar-refractivity contribution is 0.110. The Labute approximate surface area is 92.0 Å². The summed E-state index contributed by atoms with van der Waals surface area (Å²) in [6.45, 7) is 7.23. The van der Waals surface area contributed by atoms with Gasteiger partial charge in [0.1, 0.15) is 0 Å². The Morgan fingerprint density at radius 1 is 1.23 bits per heavy atom. The van der Waals surface area contributed by atoms with Crippen molar-refractivity contribution in [1.29, 1.82) is 0 Å². The Kier molecular flexibility index (Phi) is 9.45. The lowest BCUT2D eigenvalue weighted by atomic mass is 10.4. The number of nitrogens with one attached hydrogen (secondary N) is 1. The van der Waals surface area contributed by atoms with Crippen molar-refractivity contribution in [3.05, 3.63) is 0 Å². The van der Waals surface area contributed by atoms with E-state index in [2.05, 4.69) is 22.8 Å². The van der Waals surface area contributed by atoms with Crippen LogP contribution in [-0.2, 0) is 4.74 Å². The topological polar surface area (TPSA) is 24.5 Å². The van der Waals surface area contributed by atoms with Crippen LogP contribution in [0.15, 0.2) is 0 Å². The van der Waals surface area contributed by atoms with Gasteiger partial charge in [-0.2, -0.15) is 12.6 Å². The fourth-order valence-corrected chi connectivity index (χ4v) is 1.42. The summed E-state index contributed by atoms with van der Waals surface area (Å²) in [4.78, 5) is 2.43. The molecule has 0 unspecified atom stereocenters. The van der Waals surface area contributed by atoms with E-state index in [-0.39, 0.29) is 12.4 Å². The molecule has 0 amide bonds. The van der Waals surface area contributed by atoms with Crippen LogP contribution in [0.5, 0.6) is 0 Å². The van der Waals surface area contributed by atoms with E-state index in [0.29, 0.717) is 0 Å². The summed E-state index contributed by atoms with van der Waals surface area (Å²) in [6.07, 6.45) is 0. The smallest absolute Gasteiger partial charge is 0.0593 e. The van der Waals surface area contributed by atoms with Crippen molar-refractivity contribution in [2.75, 3.05) is 51.7 Å². The quantitative estimate of drug-likeness (QED) is 0.520. The average Bonchev–Trinajstić information content (AvgIpc) is 2.14. The molecule has 0 aromatic heterocycles. The molecule has 0 aliphatic carbocycles. The van der Waals surface area contributed by atoms with E-state index in [1.807, 2.05) is 0 Å². The Hall–Kier alpha value is 0.520. The third-order valence-corrected chi connectivity index (χ3v) is 2.18. The molecule has 0 saturated carbocycles. The SMILES string of the molecule is Cl.SCCOCCN1CCNCC1. The first-order valence-electron chi connectivity index (χ1n) is 4.55. The molecule has 5 heteroatoms. The second kappa shape index (κ2) is 9.09. The summed E-state index contributed by atoms with van der Waals surface area (Å²) in [5, 5.41) is 3.32. The van der Waals surface area contributed by atoms with E-state index in [9.17, 15) is 0 Å². The standard InChI is InChI=1S/C8H18N2OS.ClH/c12-8-7-11-6-5-10-3-1-9-2-4-10;/h9,12H,1-8H2;1H. The van der Waals surface area contributed by atoms with Gasteiger partial charge in [0.25, 0.3) is 0 Å². The molecule has 1 saturated heterocycles. The molecule has 1 aliphatic heterocycles. The lowest BCUT2D eigenvalue weighted by Gasteiger charge is -2.26. The zero-order valence-corrected chi connectivity index (χ0v) is 9.58. The number of rotatable bonds is 5. The van der Waals surface area contributed by atoms with E-state index in [4.69, 9.17) is 4.74 Å². The number of piperazine rings is 1. The van der Waals surface area contributed by atoms with Crippen molar-refractivity contribution >= 4 is 25.0 Å². The van der Waals surface area contributed by atoms with Gasteiger partial charge in [-0.25, -0.2) is 0 Å². The van der Waals surface area contributed by atoms with Gasteiger partial charge in [-0.3, -0.25) is 4.90 Å². The summed E-state index contributed by atoms with van der Waals surface area (Å²) >= 11 is 4.07. The van der Waals surface area contributed by atoms with Crippen LogP contribution in [-0.4, -0.2) is 56.6 Å². The maximum atomic E-state index is 5.35. The Morgan fingerprint density at radius 2 is 1.92 bits per heavy atom.